The second-order valence-electron chi connectivity index (χ2n) is 3.51. The van der Waals surface area contributed by atoms with Crippen LogP contribution in [0.2, 0.25) is 0 Å². The lowest BCUT2D eigenvalue weighted by atomic mass is 10.2. The van der Waals surface area contributed by atoms with Crippen molar-refractivity contribution >= 4 is 17.7 Å². The molecule has 0 fully saturated rings. The first kappa shape index (κ1) is 12.1. The summed E-state index contributed by atoms with van der Waals surface area (Å²) in [5, 5.41) is 12.1. The summed E-state index contributed by atoms with van der Waals surface area (Å²) in [4.78, 5) is 10.5. The van der Waals surface area contributed by atoms with Gasteiger partial charge in [0.1, 0.15) is 5.76 Å². The highest BCUT2D eigenvalue weighted by atomic mass is 32.2. The van der Waals surface area contributed by atoms with Crippen molar-refractivity contribution in [2.75, 3.05) is 5.75 Å². The van der Waals surface area contributed by atoms with Crippen LogP contribution in [-0.2, 0) is 5.75 Å². The Labute approximate surface area is 93.0 Å². The van der Waals surface area contributed by atoms with Gasteiger partial charge in [-0.05, 0) is 11.7 Å². The highest BCUT2D eigenvalue weighted by Crippen LogP contribution is 2.17. The predicted octanol–water partition coefficient (Wildman–Crippen LogP) is 2.65. The lowest BCUT2D eigenvalue weighted by molar-refractivity contribution is 0.0685. The summed E-state index contributed by atoms with van der Waals surface area (Å²) in [5.41, 5.74) is -0.0193. The molecule has 1 N–H and O–H groups in total. The van der Waals surface area contributed by atoms with Gasteiger partial charge in [-0.3, -0.25) is 0 Å². The van der Waals surface area contributed by atoms with E-state index in [2.05, 4.69) is 19.0 Å². The van der Waals surface area contributed by atoms with Crippen LogP contribution in [-0.4, -0.2) is 22.0 Å². The molecule has 0 amide bonds. The van der Waals surface area contributed by atoms with Crippen molar-refractivity contribution in [1.29, 1.82) is 0 Å². The molecule has 0 aromatic carbocycles. The Balaban J connectivity index is 2.35. The topological polar surface area (TPSA) is 63.3 Å². The number of hydrogen-bond donors (Lipinski definition) is 1. The Morgan fingerprint density at radius 2 is 2.47 bits per heavy atom. The third kappa shape index (κ3) is 3.95. The second kappa shape index (κ2) is 5.80. The molecule has 0 saturated heterocycles. The summed E-state index contributed by atoms with van der Waals surface area (Å²) in [5.74, 6) is 2.00. The molecule has 0 saturated carbocycles. The fourth-order valence-corrected chi connectivity index (χ4v) is 2.05. The smallest absolute Gasteiger partial charge is 0.358 e. The van der Waals surface area contributed by atoms with Crippen LogP contribution in [0.4, 0.5) is 0 Å². The molecule has 1 unspecified atom stereocenters. The zero-order chi connectivity index (χ0) is 11.3. The van der Waals surface area contributed by atoms with Crippen LogP contribution in [0.15, 0.2) is 10.6 Å². The lowest BCUT2D eigenvalue weighted by Gasteiger charge is -2.05. The van der Waals surface area contributed by atoms with Crippen molar-refractivity contribution in [1.82, 2.24) is 5.16 Å². The van der Waals surface area contributed by atoms with E-state index in [1.54, 1.807) is 11.8 Å². The van der Waals surface area contributed by atoms with Crippen LogP contribution in [0.1, 0.15) is 36.5 Å². The maximum atomic E-state index is 10.5. The molecule has 0 bridgehead atoms. The number of carboxylic acids is 1. The van der Waals surface area contributed by atoms with Crippen LogP contribution < -0.4 is 0 Å². The Morgan fingerprint density at radius 3 is 3.00 bits per heavy atom. The molecule has 0 spiro atoms. The molecule has 0 aliphatic carbocycles. The minimum absolute atomic E-state index is 0.0193. The Kier molecular flexibility index (Phi) is 4.68. The molecular formula is C10H15NO3S. The van der Waals surface area contributed by atoms with Crippen molar-refractivity contribution in [2.45, 2.75) is 26.0 Å². The van der Waals surface area contributed by atoms with Crippen LogP contribution in [0.5, 0.6) is 0 Å². The standard InChI is InChI=1S/C10H15NO3S/c1-3-7(2)5-15-6-8-4-9(10(12)13)11-14-8/h4,7H,3,5-6H2,1-2H3,(H,12,13). The van der Waals surface area contributed by atoms with Gasteiger partial charge in [0, 0.05) is 6.07 Å². The van der Waals surface area contributed by atoms with E-state index in [-0.39, 0.29) is 5.69 Å². The Morgan fingerprint density at radius 1 is 1.73 bits per heavy atom. The molecule has 15 heavy (non-hydrogen) atoms. The summed E-state index contributed by atoms with van der Waals surface area (Å²) in [6, 6.07) is 1.48. The summed E-state index contributed by atoms with van der Waals surface area (Å²) >= 11 is 1.74. The monoisotopic (exact) mass is 229 g/mol. The van der Waals surface area contributed by atoms with E-state index in [9.17, 15) is 4.79 Å². The van der Waals surface area contributed by atoms with E-state index in [1.165, 1.54) is 6.07 Å². The van der Waals surface area contributed by atoms with Gasteiger partial charge in [-0.1, -0.05) is 25.4 Å². The number of aromatic carboxylic acids is 1. The van der Waals surface area contributed by atoms with Crippen LogP contribution >= 0.6 is 11.8 Å². The quantitative estimate of drug-likeness (QED) is 0.812. The highest BCUT2D eigenvalue weighted by molar-refractivity contribution is 7.98. The summed E-state index contributed by atoms with van der Waals surface area (Å²) < 4.78 is 4.89. The second-order valence-corrected chi connectivity index (χ2v) is 4.54. The van der Waals surface area contributed by atoms with Gasteiger partial charge >= 0.3 is 5.97 Å². The van der Waals surface area contributed by atoms with Gasteiger partial charge in [-0.2, -0.15) is 11.8 Å². The molecule has 1 aromatic rings. The van der Waals surface area contributed by atoms with Gasteiger partial charge in [-0.25, -0.2) is 4.79 Å². The number of aromatic nitrogens is 1. The lowest BCUT2D eigenvalue weighted by Crippen LogP contribution is -1.96. The van der Waals surface area contributed by atoms with E-state index in [0.29, 0.717) is 17.4 Å². The molecule has 1 atom stereocenters. The van der Waals surface area contributed by atoms with E-state index < -0.39 is 5.97 Å². The third-order valence-corrected chi connectivity index (χ3v) is 3.42. The minimum atomic E-state index is -1.04. The first-order valence-corrected chi connectivity index (χ1v) is 6.05. The highest BCUT2D eigenvalue weighted by Gasteiger charge is 2.10. The molecule has 0 aliphatic heterocycles. The van der Waals surface area contributed by atoms with Gasteiger partial charge in [-0.15, -0.1) is 0 Å². The average molecular weight is 229 g/mol. The summed E-state index contributed by atoms with van der Waals surface area (Å²) in [6.07, 6.45) is 1.16. The molecule has 4 nitrogen and oxygen atoms in total. The first-order chi connectivity index (χ1) is 7.13. The van der Waals surface area contributed by atoms with Crippen molar-refractivity contribution in [3.63, 3.8) is 0 Å². The SMILES string of the molecule is CCC(C)CSCc1cc(C(=O)O)no1. The zero-order valence-corrected chi connectivity index (χ0v) is 9.71. The summed E-state index contributed by atoms with van der Waals surface area (Å²) in [6.45, 7) is 4.35. The van der Waals surface area contributed by atoms with Gasteiger partial charge in [0.25, 0.3) is 0 Å². The number of hydrogen-bond acceptors (Lipinski definition) is 4. The Bertz CT molecular complexity index is 324. The van der Waals surface area contributed by atoms with Crippen molar-refractivity contribution < 1.29 is 14.4 Å². The van der Waals surface area contributed by atoms with Crippen LogP contribution in [0, 0.1) is 5.92 Å². The molecule has 5 heteroatoms. The zero-order valence-electron chi connectivity index (χ0n) is 8.90. The maximum absolute atomic E-state index is 10.5. The number of thioether (sulfide) groups is 1. The van der Waals surface area contributed by atoms with Gasteiger partial charge in [0.15, 0.2) is 5.69 Å². The number of carbonyl (C=O) groups is 1. The normalized spacial score (nSPS) is 12.7. The number of rotatable bonds is 6. The van der Waals surface area contributed by atoms with E-state index in [1.807, 2.05) is 0 Å². The van der Waals surface area contributed by atoms with E-state index in [0.717, 1.165) is 12.2 Å². The molecule has 84 valence electrons. The fourth-order valence-electron chi connectivity index (χ4n) is 0.960. The average Bonchev–Trinajstić information content (AvgIpc) is 2.66. The van der Waals surface area contributed by atoms with Crippen LogP contribution in [0.3, 0.4) is 0 Å². The Hall–Kier alpha value is -0.970. The van der Waals surface area contributed by atoms with Crippen molar-refractivity contribution in [3.05, 3.63) is 17.5 Å². The number of carboxylic acid groups (broad SMARTS) is 1. The van der Waals surface area contributed by atoms with Crippen molar-refractivity contribution in [2.24, 2.45) is 5.92 Å². The first-order valence-electron chi connectivity index (χ1n) is 4.90. The maximum Gasteiger partial charge on any atom is 0.358 e. The number of nitrogens with zero attached hydrogens (tertiary/aromatic N) is 1. The molecule has 1 aromatic heterocycles. The molecule has 1 rings (SSSR count). The minimum Gasteiger partial charge on any atom is -0.476 e. The third-order valence-electron chi connectivity index (χ3n) is 2.12. The summed E-state index contributed by atoms with van der Waals surface area (Å²) in [7, 11) is 0. The van der Waals surface area contributed by atoms with Gasteiger partial charge in [0.05, 0.1) is 5.75 Å². The largest absolute Gasteiger partial charge is 0.476 e. The van der Waals surface area contributed by atoms with E-state index in [4.69, 9.17) is 9.63 Å². The molecular weight excluding hydrogens is 214 g/mol. The fraction of sp³-hybridized carbons (Fsp3) is 0.600. The van der Waals surface area contributed by atoms with Gasteiger partial charge in [0.2, 0.25) is 0 Å². The van der Waals surface area contributed by atoms with Crippen molar-refractivity contribution in [3.8, 4) is 0 Å². The molecule has 1 heterocycles. The van der Waals surface area contributed by atoms with E-state index >= 15 is 0 Å². The van der Waals surface area contributed by atoms with Gasteiger partial charge < -0.3 is 9.63 Å². The molecule has 0 aliphatic rings. The van der Waals surface area contributed by atoms with Crippen LogP contribution in [0.25, 0.3) is 0 Å². The predicted molar refractivity (Wildman–Crippen MR) is 59.1 cm³/mol. The molecule has 0 radical (unpaired) electrons.